The summed E-state index contributed by atoms with van der Waals surface area (Å²) in [6.45, 7) is 0. The molecule has 0 radical (unpaired) electrons. The maximum atomic E-state index is 4.03. The van der Waals surface area contributed by atoms with Crippen LogP contribution < -0.4 is 5.32 Å². The van der Waals surface area contributed by atoms with E-state index in [4.69, 9.17) is 0 Å². The molecule has 56 valence electrons. The van der Waals surface area contributed by atoms with Crippen LogP contribution in [0.25, 0.3) is 10.9 Å². The first kappa shape index (κ1) is 6.15. The van der Waals surface area contributed by atoms with Crippen LogP contribution in [-0.4, -0.2) is 22.2 Å². The molecule has 2 rings (SSSR count). The van der Waals surface area contributed by atoms with Gasteiger partial charge in [0.2, 0.25) is 0 Å². The van der Waals surface area contributed by atoms with Gasteiger partial charge in [0.05, 0.1) is 23.6 Å². The molecule has 0 aliphatic carbocycles. The van der Waals surface area contributed by atoms with Gasteiger partial charge < -0.3 is 5.32 Å². The number of hydrogen-bond donors (Lipinski definition) is 2. The minimum atomic E-state index is 0.972. The Morgan fingerprint density at radius 1 is 1.36 bits per heavy atom. The number of H-pyrrole nitrogens is 1. The molecule has 0 spiro atoms. The second-order valence-corrected chi connectivity index (χ2v) is 2.27. The summed E-state index contributed by atoms with van der Waals surface area (Å²) in [5.74, 6) is 0. The molecule has 4 heteroatoms. The molecule has 0 aromatic carbocycles. The number of rotatable bonds is 1. The monoisotopic (exact) mass is 148 g/mol. The van der Waals surface area contributed by atoms with Crippen molar-refractivity contribution >= 4 is 16.6 Å². The van der Waals surface area contributed by atoms with Crippen LogP contribution in [-0.2, 0) is 0 Å². The van der Waals surface area contributed by atoms with Crippen LogP contribution in [0.1, 0.15) is 0 Å². The van der Waals surface area contributed by atoms with E-state index in [0.717, 1.165) is 16.6 Å². The Balaban J connectivity index is 2.79. The van der Waals surface area contributed by atoms with Gasteiger partial charge in [0.25, 0.3) is 0 Å². The fourth-order valence-electron chi connectivity index (χ4n) is 1.06. The average molecular weight is 148 g/mol. The predicted molar refractivity (Wildman–Crippen MR) is 43.4 cm³/mol. The van der Waals surface area contributed by atoms with Gasteiger partial charge in [-0.25, -0.2) is 0 Å². The number of aromatic amines is 1. The van der Waals surface area contributed by atoms with Gasteiger partial charge in [-0.05, 0) is 0 Å². The summed E-state index contributed by atoms with van der Waals surface area (Å²) in [5, 5.41) is 10.8. The maximum Gasteiger partial charge on any atom is 0.0912 e. The fourth-order valence-corrected chi connectivity index (χ4v) is 1.06. The molecule has 0 aliphatic heterocycles. The highest BCUT2D eigenvalue weighted by atomic mass is 15.1. The van der Waals surface area contributed by atoms with Gasteiger partial charge in [0.15, 0.2) is 0 Å². The first-order chi connectivity index (χ1) is 5.42. The summed E-state index contributed by atoms with van der Waals surface area (Å²) < 4.78 is 0. The van der Waals surface area contributed by atoms with Crippen LogP contribution in [0.5, 0.6) is 0 Å². The molecule has 4 nitrogen and oxygen atoms in total. The van der Waals surface area contributed by atoms with Crippen molar-refractivity contribution in [2.75, 3.05) is 12.4 Å². The fraction of sp³-hybridized carbons (Fsp3) is 0.143. The summed E-state index contributed by atoms with van der Waals surface area (Å²) in [5.41, 5.74) is 1.97. The summed E-state index contributed by atoms with van der Waals surface area (Å²) in [6, 6.07) is 0. The van der Waals surface area contributed by atoms with E-state index in [1.54, 1.807) is 18.6 Å². The molecule has 0 fully saturated rings. The molecule has 2 aromatic heterocycles. The molecule has 2 N–H and O–H groups in total. The predicted octanol–water partition coefficient (Wildman–Crippen LogP) is 1.000. The van der Waals surface area contributed by atoms with Crippen LogP contribution in [0.2, 0.25) is 0 Å². The van der Waals surface area contributed by atoms with Crippen molar-refractivity contribution in [3.63, 3.8) is 0 Å². The Morgan fingerprint density at radius 3 is 3.09 bits per heavy atom. The molecule has 0 saturated carbocycles. The lowest BCUT2D eigenvalue weighted by molar-refractivity contribution is 1.12. The van der Waals surface area contributed by atoms with Gasteiger partial charge in [-0.15, -0.1) is 0 Å². The molecular weight excluding hydrogens is 140 g/mol. The van der Waals surface area contributed by atoms with Gasteiger partial charge in [0, 0.05) is 18.6 Å². The van der Waals surface area contributed by atoms with Crippen LogP contribution in [0.3, 0.4) is 0 Å². The maximum absolute atomic E-state index is 4.03. The van der Waals surface area contributed by atoms with Crippen molar-refractivity contribution in [3.05, 3.63) is 18.6 Å². The zero-order chi connectivity index (χ0) is 7.68. The van der Waals surface area contributed by atoms with E-state index < -0.39 is 0 Å². The molecule has 0 amide bonds. The second-order valence-electron chi connectivity index (χ2n) is 2.27. The van der Waals surface area contributed by atoms with Crippen molar-refractivity contribution in [3.8, 4) is 0 Å². The van der Waals surface area contributed by atoms with E-state index in [2.05, 4.69) is 20.5 Å². The van der Waals surface area contributed by atoms with Crippen molar-refractivity contribution in [2.24, 2.45) is 0 Å². The first-order valence-corrected chi connectivity index (χ1v) is 3.36. The second kappa shape index (κ2) is 2.23. The summed E-state index contributed by atoms with van der Waals surface area (Å²) >= 11 is 0. The number of hydrogen-bond acceptors (Lipinski definition) is 3. The number of nitrogens with zero attached hydrogens (tertiary/aromatic N) is 2. The van der Waals surface area contributed by atoms with Gasteiger partial charge in [-0.2, -0.15) is 5.10 Å². The number of anilines is 1. The largest absolute Gasteiger partial charge is 0.385 e. The van der Waals surface area contributed by atoms with Crippen molar-refractivity contribution in [1.82, 2.24) is 15.2 Å². The van der Waals surface area contributed by atoms with Gasteiger partial charge in [0.1, 0.15) is 0 Å². The lowest BCUT2D eigenvalue weighted by Crippen LogP contribution is -1.89. The summed E-state index contributed by atoms with van der Waals surface area (Å²) in [4.78, 5) is 4.03. The molecule has 0 saturated heterocycles. The number of pyridine rings is 1. The Hall–Kier alpha value is -1.58. The van der Waals surface area contributed by atoms with E-state index in [0.29, 0.717) is 0 Å². The highest BCUT2D eigenvalue weighted by Gasteiger charge is 1.99. The van der Waals surface area contributed by atoms with Crippen molar-refractivity contribution in [2.45, 2.75) is 0 Å². The molecule has 0 aliphatic rings. The third-order valence-corrected chi connectivity index (χ3v) is 1.62. The molecule has 0 unspecified atom stereocenters. The molecule has 2 aromatic rings. The normalized spacial score (nSPS) is 10.3. The van der Waals surface area contributed by atoms with Crippen LogP contribution in [0.15, 0.2) is 18.6 Å². The summed E-state index contributed by atoms with van der Waals surface area (Å²) in [7, 11) is 1.86. The number of nitrogens with one attached hydrogen (secondary N) is 2. The SMILES string of the molecule is CNc1cncc2cn[nH]c12. The van der Waals surface area contributed by atoms with Crippen LogP contribution in [0.4, 0.5) is 5.69 Å². The highest BCUT2D eigenvalue weighted by molar-refractivity contribution is 5.88. The van der Waals surface area contributed by atoms with E-state index in [1.807, 2.05) is 7.05 Å². The van der Waals surface area contributed by atoms with E-state index in [9.17, 15) is 0 Å². The topological polar surface area (TPSA) is 53.6 Å². The lowest BCUT2D eigenvalue weighted by atomic mass is 10.3. The lowest BCUT2D eigenvalue weighted by Gasteiger charge is -1.98. The van der Waals surface area contributed by atoms with E-state index in [-0.39, 0.29) is 0 Å². The van der Waals surface area contributed by atoms with Gasteiger partial charge in [-0.3, -0.25) is 10.1 Å². The third-order valence-electron chi connectivity index (χ3n) is 1.62. The summed E-state index contributed by atoms with van der Waals surface area (Å²) in [6.07, 6.45) is 5.30. The van der Waals surface area contributed by atoms with Gasteiger partial charge >= 0.3 is 0 Å². The third kappa shape index (κ3) is 0.832. The quantitative estimate of drug-likeness (QED) is 0.634. The Labute approximate surface area is 63.6 Å². The molecule has 0 bridgehead atoms. The minimum Gasteiger partial charge on any atom is -0.385 e. The smallest absolute Gasteiger partial charge is 0.0912 e. The Kier molecular flexibility index (Phi) is 1.25. The molecule has 11 heavy (non-hydrogen) atoms. The standard InChI is InChI=1S/C7H8N4/c1-8-6-4-9-2-5-3-10-11-7(5)6/h2-4,8H,1H3,(H,10,11). The molecular formula is C7H8N4. The van der Waals surface area contributed by atoms with Crippen LogP contribution >= 0.6 is 0 Å². The van der Waals surface area contributed by atoms with Crippen molar-refractivity contribution < 1.29 is 0 Å². The number of aromatic nitrogens is 3. The zero-order valence-electron chi connectivity index (χ0n) is 6.13. The Bertz CT molecular complexity index is 365. The molecule has 0 atom stereocenters. The van der Waals surface area contributed by atoms with E-state index >= 15 is 0 Å². The highest BCUT2D eigenvalue weighted by Crippen LogP contribution is 2.17. The van der Waals surface area contributed by atoms with E-state index in [1.165, 1.54) is 0 Å². The van der Waals surface area contributed by atoms with Gasteiger partial charge in [-0.1, -0.05) is 0 Å². The Morgan fingerprint density at radius 2 is 2.27 bits per heavy atom. The first-order valence-electron chi connectivity index (χ1n) is 3.36. The molecule has 2 heterocycles. The average Bonchev–Trinajstić information content (AvgIpc) is 2.50. The van der Waals surface area contributed by atoms with Crippen LogP contribution in [0, 0.1) is 0 Å². The number of fused-ring (bicyclic) bond motifs is 1. The minimum absolute atomic E-state index is 0.972. The zero-order valence-corrected chi connectivity index (χ0v) is 6.13. The van der Waals surface area contributed by atoms with Crippen molar-refractivity contribution in [1.29, 1.82) is 0 Å².